The van der Waals surface area contributed by atoms with E-state index in [4.69, 9.17) is 18.9 Å². The molecule has 12 heteroatoms. The number of anilines is 1. The van der Waals surface area contributed by atoms with Crippen molar-refractivity contribution in [1.82, 2.24) is 15.3 Å². The smallest absolute Gasteiger partial charge is 0.357 e. The van der Waals surface area contributed by atoms with Gasteiger partial charge in [0.25, 0.3) is 0 Å². The lowest BCUT2D eigenvalue weighted by Gasteiger charge is -2.28. The Kier molecular flexibility index (Phi) is 7.67. The van der Waals surface area contributed by atoms with Gasteiger partial charge in [-0.2, -0.15) is 0 Å². The molecule has 4 aromatic rings. The number of rotatable bonds is 7. The number of oxazole rings is 1. The van der Waals surface area contributed by atoms with Crippen LogP contribution in [0, 0.1) is 17.8 Å². The Labute approximate surface area is 275 Å². The van der Waals surface area contributed by atoms with Crippen molar-refractivity contribution in [3.63, 3.8) is 0 Å². The minimum atomic E-state index is -1.17. The average Bonchev–Trinajstić information content (AvgIpc) is 3.83. The molecule has 0 fully saturated rings. The summed E-state index contributed by atoms with van der Waals surface area (Å²) in [5.74, 6) is -1.09. The van der Waals surface area contributed by atoms with Crippen LogP contribution in [0.2, 0.25) is 0 Å². The Morgan fingerprint density at radius 2 is 1.89 bits per heavy atom. The van der Waals surface area contributed by atoms with Crippen molar-refractivity contribution in [3.8, 4) is 16.5 Å². The molecule has 1 unspecified atom stereocenters. The number of benzene rings is 2. The van der Waals surface area contributed by atoms with Gasteiger partial charge in [0.1, 0.15) is 34.0 Å². The lowest BCUT2D eigenvalue weighted by molar-refractivity contribution is -0.135. The van der Waals surface area contributed by atoms with Crippen LogP contribution in [0.1, 0.15) is 79.0 Å². The molecular formula is C35H36N4O7S. The molecule has 3 aliphatic rings. The lowest BCUT2D eigenvalue weighted by Crippen LogP contribution is -2.41. The highest BCUT2D eigenvalue weighted by Gasteiger charge is 2.61. The third-order valence-electron chi connectivity index (χ3n) is 9.34. The third-order valence-corrected chi connectivity index (χ3v) is 10.2. The fourth-order valence-corrected chi connectivity index (χ4v) is 7.65. The van der Waals surface area contributed by atoms with Gasteiger partial charge in [0.2, 0.25) is 11.8 Å². The molecule has 2 aromatic heterocycles. The van der Waals surface area contributed by atoms with Crippen molar-refractivity contribution in [1.29, 1.82) is 0 Å². The van der Waals surface area contributed by atoms with E-state index in [9.17, 15) is 19.5 Å². The van der Waals surface area contributed by atoms with E-state index in [2.05, 4.69) is 15.6 Å². The second-order valence-electron chi connectivity index (χ2n) is 13.1. The Balaban J connectivity index is 1.48. The number of hydrogen-bond donors (Lipinski definition) is 3. The first-order valence-electron chi connectivity index (χ1n) is 15.8. The zero-order chi connectivity index (χ0) is 33.2. The van der Waals surface area contributed by atoms with Gasteiger partial charge in [-0.15, -0.1) is 11.3 Å². The van der Waals surface area contributed by atoms with Gasteiger partial charge in [-0.1, -0.05) is 58.0 Å². The number of nitrogens with zero attached hydrogens (tertiary/aromatic N) is 2. The maximum atomic E-state index is 14.0. The zero-order valence-electron chi connectivity index (χ0n) is 26.7. The Morgan fingerprint density at radius 1 is 1.11 bits per heavy atom. The Bertz CT molecular complexity index is 1900. The minimum absolute atomic E-state index is 0.126. The van der Waals surface area contributed by atoms with E-state index in [0.29, 0.717) is 22.2 Å². The maximum absolute atomic E-state index is 14.0. The molecule has 47 heavy (non-hydrogen) atoms. The molecule has 3 N–H and O–H groups in total. The number of fused-ring (bicyclic) bond motifs is 4. The van der Waals surface area contributed by atoms with E-state index < -0.39 is 35.7 Å². The minimum Gasteiger partial charge on any atom is -0.469 e. The molecule has 7 rings (SSSR count). The molecule has 0 aliphatic carbocycles. The highest BCUT2D eigenvalue weighted by atomic mass is 32.1. The van der Waals surface area contributed by atoms with E-state index in [1.54, 1.807) is 19.2 Å². The number of Topliss-reactive ketones (excluding diaryl/α,β-unsaturated/α-hetero) is 1. The molecule has 244 valence electrons. The second kappa shape index (κ2) is 11.6. The number of aliphatic hydroxyl groups is 1. The first-order valence-corrected chi connectivity index (χ1v) is 16.6. The second-order valence-corrected chi connectivity index (χ2v) is 13.9. The molecule has 0 saturated heterocycles. The van der Waals surface area contributed by atoms with E-state index in [1.165, 1.54) is 18.4 Å². The molecule has 11 nitrogen and oxygen atoms in total. The van der Waals surface area contributed by atoms with E-state index in [1.807, 2.05) is 56.3 Å². The number of ketones is 1. The summed E-state index contributed by atoms with van der Waals surface area (Å²) in [4.78, 5) is 49.2. The standard InChI is InChI=1S/C35H36N4O7S/c1-16(2)26-31-39-27(32-36-23(15-47-32)33(43)44-5)29(46-31)35-20-8-6-7-9-22(20)37-34(35)45-25-11-10-18(13-21(25)35)12-19(30(42)38-26)14-24(40)28(41)17(3)4/h6-11,13,15-17,19,26,28,34,37,41H,12,14H2,1-5H3,(H,38,42)/t19-,26+,28+,34+,35?/m1/s1. The number of thiazole rings is 1. The summed E-state index contributed by atoms with van der Waals surface area (Å²) < 4.78 is 18.4. The summed E-state index contributed by atoms with van der Waals surface area (Å²) in [5.41, 5.74) is 3.01. The number of aromatic nitrogens is 2. The van der Waals surface area contributed by atoms with E-state index >= 15 is 0 Å². The van der Waals surface area contributed by atoms with Gasteiger partial charge in [0, 0.05) is 29.0 Å². The number of ether oxygens (including phenoxy) is 2. The van der Waals surface area contributed by atoms with Gasteiger partial charge >= 0.3 is 5.97 Å². The fraction of sp³-hybridized carbons (Fsp3) is 0.400. The van der Waals surface area contributed by atoms with Crippen molar-refractivity contribution in [2.45, 2.75) is 64.3 Å². The summed E-state index contributed by atoms with van der Waals surface area (Å²) >= 11 is 1.24. The summed E-state index contributed by atoms with van der Waals surface area (Å²) in [6.07, 6.45) is -1.63. The first kappa shape index (κ1) is 31.1. The predicted molar refractivity (Wildman–Crippen MR) is 173 cm³/mol. The number of amides is 1. The highest BCUT2D eigenvalue weighted by Crippen LogP contribution is 2.59. The van der Waals surface area contributed by atoms with Crippen molar-refractivity contribution < 1.29 is 33.4 Å². The molecule has 0 radical (unpaired) electrons. The van der Waals surface area contributed by atoms with E-state index in [0.717, 1.165) is 22.4 Å². The van der Waals surface area contributed by atoms with Gasteiger partial charge in [-0.05, 0) is 41.5 Å². The van der Waals surface area contributed by atoms with Gasteiger partial charge in [0.05, 0.1) is 7.11 Å². The summed E-state index contributed by atoms with van der Waals surface area (Å²) in [6, 6.07) is 13.1. The highest BCUT2D eigenvalue weighted by molar-refractivity contribution is 7.13. The fourth-order valence-electron chi connectivity index (χ4n) is 6.88. The maximum Gasteiger partial charge on any atom is 0.357 e. The molecule has 1 spiro atoms. The van der Waals surface area contributed by atoms with Crippen LogP contribution < -0.4 is 15.4 Å². The Morgan fingerprint density at radius 3 is 2.64 bits per heavy atom. The number of hydrogen-bond acceptors (Lipinski definition) is 11. The molecule has 5 heterocycles. The summed E-state index contributed by atoms with van der Waals surface area (Å²) in [7, 11) is 1.30. The third kappa shape index (κ3) is 4.92. The summed E-state index contributed by atoms with van der Waals surface area (Å²) in [5, 5.41) is 19.3. The summed E-state index contributed by atoms with van der Waals surface area (Å²) in [6.45, 7) is 7.45. The van der Waals surface area contributed by atoms with Crippen LogP contribution in [0.15, 0.2) is 52.3 Å². The molecule has 0 saturated carbocycles. The van der Waals surface area contributed by atoms with Crippen LogP contribution in [0.3, 0.4) is 0 Å². The van der Waals surface area contributed by atoms with Crippen LogP contribution in [0.4, 0.5) is 5.69 Å². The normalized spacial score (nSPS) is 23.1. The van der Waals surface area contributed by atoms with Crippen LogP contribution in [0.25, 0.3) is 10.7 Å². The van der Waals surface area contributed by atoms with E-state index in [-0.39, 0.29) is 48.0 Å². The van der Waals surface area contributed by atoms with Crippen LogP contribution in [0.5, 0.6) is 5.75 Å². The van der Waals surface area contributed by atoms with Crippen molar-refractivity contribution in [2.24, 2.45) is 17.8 Å². The number of aliphatic hydroxyl groups excluding tert-OH is 1. The zero-order valence-corrected chi connectivity index (χ0v) is 27.5. The number of carbonyl (C=O) groups excluding carboxylic acids is 3. The molecule has 2 aromatic carbocycles. The number of esters is 1. The number of nitrogens with one attached hydrogen (secondary N) is 2. The number of methoxy groups -OCH3 is 1. The van der Waals surface area contributed by atoms with Gasteiger partial charge < -0.3 is 29.6 Å². The Hall–Kier alpha value is -4.55. The molecule has 4 bridgehead atoms. The van der Waals surface area contributed by atoms with Crippen LogP contribution in [-0.4, -0.2) is 52.2 Å². The average molecular weight is 657 g/mol. The van der Waals surface area contributed by atoms with Crippen LogP contribution in [-0.2, 0) is 26.2 Å². The van der Waals surface area contributed by atoms with Crippen LogP contribution >= 0.6 is 11.3 Å². The van der Waals surface area contributed by atoms with Crippen molar-refractivity contribution >= 4 is 34.7 Å². The van der Waals surface area contributed by atoms with Gasteiger partial charge in [-0.25, -0.2) is 14.8 Å². The SMILES string of the molecule is COC(=O)c1csc(-c2nc3oc2C24c5ccccc5N[C@H]2Oc2ccc(cc24)C[C@H](CC(=O)[C@@H](O)C(C)C)C(=O)N[C@H]3C(C)C)n1. The number of carbonyl (C=O) groups is 3. The first-order chi connectivity index (χ1) is 22.5. The quantitative estimate of drug-likeness (QED) is 0.231. The van der Waals surface area contributed by atoms with Gasteiger partial charge in [0.15, 0.2) is 23.5 Å². The lowest BCUT2D eigenvalue weighted by atomic mass is 9.72. The van der Waals surface area contributed by atoms with Crippen molar-refractivity contribution in [2.75, 3.05) is 12.4 Å². The van der Waals surface area contributed by atoms with Gasteiger partial charge in [-0.3, -0.25) is 9.59 Å². The molecule has 5 atom stereocenters. The number of para-hydroxylation sites is 1. The molecular weight excluding hydrogens is 620 g/mol. The molecule has 3 aliphatic heterocycles. The molecule has 1 amide bonds. The topological polar surface area (TPSA) is 153 Å². The monoisotopic (exact) mass is 656 g/mol. The van der Waals surface area contributed by atoms with Crippen molar-refractivity contribution in [3.05, 3.63) is 81.9 Å². The predicted octanol–water partition coefficient (Wildman–Crippen LogP) is 5.02. The largest absolute Gasteiger partial charge is 0.469 e.